The summed E-state index contributed by atoms with van der Waals surface area (Å²) in [5, 5.41) is 0. The summed E-state index contributed by atoms with van der Waals surface area (Å²) in [5.74, 6) is -1.01. The third-order valence-corrected chi connectivity index (χ3v) is 4.77. The number of carbonyl (C=O) groups is 2. The number of hydrogen-bond donors (Lipinski definition) is 0. The summed E-state index contributed by atoms with van der Waals surface area (Å²) in [7, 11) is 0. The number of rotatable bonds is 4. The van der Waals surface area contributed by atoms with E-state index in [0.717, 1.165) is 0 Å². The maximum absolute atomic E-state index is 13.7. The van der Waals surface area contributed by atoms with Gasteiger partial charge in [-0.3, -0.25) is 9.59 Å². The highest BCUT2D eigenvalue weighted by Gasteiger charge is 2.23. The van der Waals surface area contributed by atoms with Crippen LogP contribution in [0.2, 0.25) is 0 Å². The highest BCUT2D eigenvalue weighted by Crippen LogP contribution is 2.13. The van der Waals surface area contributed by atoms with E-state index in [2.05, 4.69) is 0 Å². The number of halogens is 2. The van der Waals surface area contributed by atoms with E-state index in [1.54, 1.807) is 34.1 Å². The molecule has 3 rings (SSSR count). The van der Waals surface area contributed by atoms with Gasteiger partial charge in [-0.05, 0) is 42.7 Å². The average molecular weight is 372 g/mol. The normalized spacial score (nSPS) is 14.7. The number of aryl methyl sites for hydroxylation is 1. The molecule has 0 saturated carbocycles. The number of amides is 2. The van der Waals surface area contributed by atoms with E-state index in [-0.39, 0.29) is 24.1 Å². The average Bonchev–Trinajstić information content (AvgIpc) is 2.93. The van der Waals surface area contributed by atoms with Crippen molar-refractivity contribution < 1.29 is 18.4 Å². The molecule has 0 aromatic heterocycles. The van der Waals surface area contributed by atoms with E-state index < -0.39 is 5.82 Å². The molecule has 4 nitrogen and oxygen atoms in total. The summed E-state index contributed by atoms with van der Waals surface area (Å²) in [4.78, 5) is 28.4. The van der Waals surface area contributed by atoms with Crippen LogP contribution in [0.5, 0.6) is 0 Å². The van der Waals surface area contributed by atoms with Crippen LogP contribution in [-0.2, 0) is 11.2 Å². The lowest BCUT2D eigenvalue weighted by Gasteiger charge is -2.22. The first-order chi connectivity index (χ1) is 13.0. The Labute approximate surface area is 157 Å². The van der Waals surface area contributed by atoms with Gasteiger partial charge in [-0.15, -0.1) is 0 Å². The van der Waals surface area contributed by atoms with Crippen molar-refractivity contribution in [3.8, 4) is 0 Å². The largest absolute Gasteiger partial charge is 0.341 e. The number of nitrogens with zero attached hydrogens (tertiary/aromatic N) is 2. The van der Waals surface area contributed by atoms with E-state index in [0.29, 0.717) is 50.1 Å². The van der Waals surface area contributed by atoms with Gasteiger partial charge in [-0.25, -0.2) is 8.78 Å². The molecular weight excluding hydrogens is 350 g/mol. The van der Waals surface area contributed by atoms with Crippen LogP contribution >= 0.6 is 0 Å². The summed E-state index contributed by atoms with van der Waals surface area (Å²) in [6.45, 7) is 1.91. The molecule has 27 heavy (non-hydrogen) atoms. The molecule has 0 aliphatic carbocycles. The number of hydrogen-bond acceptors (Lipinski definition) is 2. The third kappa shape index (κ3) is 4.90. The molecule has 0 spiro atoms. The standard InChI is InChI=1S/C21H22F2N2O2/c22-18-7-3-6-17(15-18)21(27)25-12-4-11-24(13-14-25)20(26)10-9-16-5-1-2-8-19(16)23/h1-3,5-8,15H,4,9-14H2. The Kier molecular flexibility index (Phi) is 6.16. The van der Waals surface area contributed by atoms with Gasteiger partial charge < -0.3 is 9.80 Å². The molecule has 2 aromatic carbocycles. The predicted molar refractivity (Wildman–Crippen MR) is 98.2 cm³/mol. The Morgan fingerprint density at radius 1 is 0.889 bits per heavy atom. The minimum absolute atomic E-state index is 0.0432. The van der Waals surface area contributed by atoms with E-state index >= 15 is 0 Å². The molecule has 0 bridgehead atoms. The van der Waals surface area contributed by atoms with Crippen molar-refractivity contribution in [2.75, 3.05) is 26.2 Å². The molecule has 6 heteroatoms. The first kappa shape index (κ1) is 19.0. The zero-order valence-corrected chi connectivity index (χ0v) is 15.0. The van der Waals surface area contributed by atoms with Crippen molar-refractivity contribution in [1.82, 2.24) is 9.80 Å². The maximum atomic E-state index is 13.7. The molecule has 0 radical (unpaired) electrons. The second-order valence-corrected chi connectivity index (χ2v) is 6.63. The van der Waals surface area contributed by atoms with Crippen molar-refractivity contribution in [3.63, 3.8) is 0 Å². The van der Waals surface area contributed by atoms with Crippen molar-refractivity contribution >= 4 is 11.8 Å². The smallest absolute Gasteiger partial charge is 0.254 e. The quantitative estimate of drug-likeness (QED) is 0.827. The van der Waals surface area contributed by atoms with Crippen LogP contribution < -0.4 is 0 Å². The zero-order chi connectivity index (χ0) is 19.2. The maximum Gasteiger partial charge on any atom is 0.254 e. The Hall–Kier alpha value is -2.76. The van der Waals surface area contributed by atoms with Gasteiger partial charge in [0.25, 0.3) is 5.91 Å². The fraction of sp³-hybridized carbons (Fsp3) is 0.333. The fourth-order valence-corrected chi connectivity index (χ4v) is 3.27. The fourth-order valence-electron chi connectivity index (χ4n) is 3.27. The molecule has 142 valence electrons. The van der Waals surface area contributed by atoms with Crippen molar-refractivity contribution in [2.45, 2.75) is 19.3 Å². The molecule has 0 unspecified atom stereocenters. The topological polar surface area (TPSA) is 40.6 Å². The molecule has 1 heterocycles. The van der Waals surface area contributed by atoms with Crippen LogP contribution in [-0.4, -0.2) is 47.8 Å². The Morgan fingerprint density at radius 3 is 2.41 bits per heavy atom. The molecule has 2 aromatic rings. The van der Waals surface area contributed by atoms with Gasteiger partial charge in [0.2, 0.25) is 5.91 Å². The molecule has 1 aliphatic rings. The van der Waals surface area contributed by atoms with E-state index in [1.807, 2.05) is 0 Å². The lowest BCUT2D eigenvalue weighted by Crippen LogP contribution is -2.37. The van der Waals surface area contributed by atoms with Gasteiger partial charge in [0.1, 0.15) is 11.6 Å². The molecular formula is C21H22F2N2O2. The first-order valence-electron chi connectivity index (χ1n) is 9.10. The predicted octanol–water partition coefficient (Wildman–Crippen LogP) is 3.27. The lowest BCUT2D eigenvalue weighted by atomic mass is 10.1. The molecule has 1 fully saturated rings. The lowest BCUT2D eigenvalue weighted by molar-refractivity contribution is -0.131. The highest BCUT2D eigenvalue weighted by atomic mass is 19.1. The van der Waals surface area contributed by atoms with Crippen LogP contribution in [0.3, 0.4) is 0 Å². The van der Waals surface area contributed by atoms with E-state index in [9.17, 15) is 18.4 Å². The zero-order valence-electron chi connectivity index (χ0n) is 15.0. The van der Waals surface area contributed by atoms with Crippen LogP contribution in [0, 0.1) is 11.6 Å². The molecule has 1 aliphatic heterocycles. The van der Waals surface area contributed by atoms with Crippen LogP contribution in [0.4, 0.5) is 8.78 Å². The summed E-state index contributed by atoms with van der Waals surface area (Å²) in [6, 6.07) is 12.1. The Balaban J connectivity index is 1.55. The molecule has 2 amide bonds. The van der Waals surface area contributed by atoms with E-state index in [4.69, 9.17) is 0 Å². The minimum Gasteiger partial charge on any atom is -0.341 e. The second-order valence-electron chi connectivity index (χ2n) is 6.63. The Morgan fingerprint density at radius 2 is 1.63 bits per heavy atom. The van der Waals surface area contributed by atoms with Crippen LogP contribution in [0.15, 0.2) is 48.5 Å². The van der Waals surface area contributed by atoms with Gasteiger partial charge in [0.05, 0.1) is 0 Å². The second kappa shape index (κ2) is 8.75. The first-order valence-corrected chi connectivity index (χ1v) is 9.10. The molecule has 1 saturated heterocycles. The van der Waals surface area contributed by atoms with Crippen molar-refractivity contribution in [2.24, 2.45) is 0 Å². The minimum atomic E-state index is -0.444. The number of carbonyl (C=O) groups excluding carboxylic acids is 2. The van der Waals surface area contributed by atoms with Gasteiger partial charge in [-0.1, -0.05) is 24.3 Å². The summed E-state index contributed by atoms with van der Waals surface area (Å²) < 4.78 is 27.0. The van der Waals surface area contributed by atoms with Crippen LogP contribution in [0.1, 0.15) is 28.8 Å². The van der Waals surface area contributed by atoms with Gasteiger partial charge in [0, 0.05) is 38.2 Å². The number of benzene rings is 2. The monoisotopic (exact) mass is 372 g/mol. The Bertz CT molecular complexity index is 825. The van der Waals surface area contributed by atoms with Crippen LogP contribution in [0.25, 0.3) is 0 Å². The van der Waals surface area contributed by atoms with Crippen molar-refractivity contribution in [1.29, 1.82) is 0 Å². The SMILES string of the molecule is O=C(CCc1ccccc1F)N1CCCN(C(=O)c2cccc(F)c2)CC1. The van der Waals surface area contributed by atoms with E-state index in [1.165, 1.54) is 24.3 Å². The van der Waals surface area contributed by atoms with Gasteiger partial charge in [0.15, 0.2) is 0 Å². The highest BCUT2D eigenvalue weighted by molar-refractivity contribution is 5.94. The molecule has 0 atom stereocenters. The summed E-state index contributed by atoms with van der Waals surface area (Å²) in [6.07, 6.45) is 1.25. The summed E-state index contributed by atoms with van der Waals surface area (Å²) in [5.41, 5.74) is 0.845. The third-order valence-electron chi connectivity index (χ3n) is 4.77. The summed E-state index contributed by atoms with van der Waals surface area (Å²) >= 11 is 0. The van der Waals surface area contributed by atoms with Gasteiger partial charge in [-0.2, -0.15) is 0 Å². The van der Waals surface area contributed by atoms with Crippen molar-refractivity contribution in [3.05, 3.63) is 71.3 Å². The van der Waals surface area contributed by atoms with Gasteiger partial charge >= 0.3 is 0 Å². The molecule has 0 N–H and O–H groups in total.